The van der Waals surface area contributed by atoms with Crippen LogP contribution in [0.5, 0.6) is 0 Å². The second-order valence-corrected chi connectivity index (χ2v) is 8.84. The van der Waals surface area contributed by atoms with Crippen LogP contribution >= 0.6 is 0 Å². The molecule has 1 atom stereocenters. The topological polar surface area (TPSA) is 93.9 Å². The van der Waals surface area contributed by atoms with Gasteiger partial charge < -0.3 is 15.0 Å². The summed E-state index contributed by atoms with van der Waals surface area (Å²) >= 11 is 0. The van der Waals surface area contributed by atoms with Crippen LogP contribution in [-0.4, -0.2) is 37.9 Å². The minimum Gasteiger partial charge on any atom is -0.375 e. The summed E-state index contributed by atoms with van der Waals surface area (Å²) in [6, 6.07) is 2.95. The van der Waals surface area contributed by atoms with Crippen molar-refractivity contribution in [2.24, 2.45) is 0 Å². The highest BCUT2D eigenvalue weighted by atomic mass is 19.1. The minimum absolute atomic E-state index is 0.281. The highest BCUT2D eigenvalue weighted by Crippen LogP contribution is 2.29. The van der Waals surface area contributed by atoms with Crippen molar-refractivity contribution in [3.8, 4) is 11.5 Å². The number of aromatic nitrogens is 4. The average molecular weight is 444 g/mol. The molecule has 1 amide bonds. The number of carbonyl (C=O) groups excluding carboxylic acids is 1. The lowest BCUT2D eigenvalue weighted by atomic mass is 10.1. The monoisotopic (exact) mass is 443 g/mol. The van der Waals surface area contributed by atoms with Crippen molar-refractivity contribution < 1.29 is 13.9 Å². The Morgan fingerprint density at radius 2 is 1.94 bits per heavy atom. The molecule has 0 saturated heterocycles. The van der Waals surface area contributed by atoms with Gasteiger partial charge in [0.05, 0.1) is 29.6 Å². The molecule has 172 valence electrons. The van der Waals surface area contributed by atoms with Crippen LogP contribution in [0.25, 0.3) is 11.5 Å². The molecule has 0 aliphatic heterocycles. The zero-order valence-electron chi connectivity index (χ0n) is 19.3. The van der Waals surface area contributed by atoms with Crippen LogP contribution in [0, 0.1) is 19.7 Å². The standard InChI is InChI=1S/C23H30FN5O3/c1-14-11-17(12-15(2)20(14)24)29-21(28-9-8-25-22(28)31)19(16(3)26-13-30)18(27-29)7-10-32-23(4,5)6/h8-9,11-13,16H,7,10H2,1-6H3,(H,25,31)(H,26,30)/t16-/m0/s1. The molecule has 0 saturated carbocycles. The zero-order chi connectivity index (χ0) is 23.6. The van der Waals surface area contributed by atoms with Gasteiger partial charge in [-0.3, -0.25) is 9.36 Å². The first-order valence-corrected chi connectivity index (χ1v) is 10.5. The molecule has 9 heteroatoms. The maximum Gasteiger partial charge on any atom is 0.331 e. The quantitative estimate of drug-likeness (QED) is 0.523. The van der Waals surface area contributed by atoms with Gasteiger partial charge in [-0.1, -0.05) is 0 Å². The molecule has 0 aliphatic rings. The number of nitrogens with zero attached hydrogens (tertiary/aromatic N) is 3. The highest BCUT2D eigenvalue weighted by molar-refractivity contribution is 5.53. The van der Waals surface area contributed by atoms with Gasteiger partial charge in [-0.25, -0.2) is 13.9 Å². The Hall–Kier alpha value is -3.20. The smallest absolute Gasteiger partial charge is 0.331 e. The van der Waals surface area contributed by atoms with Crippen LogP contribution < -0.4 is 11.0 Å². The fraction of sp³-hybridized carbons (Fsp3) is 0.435. The Labute approximate surface area is 186 Å². The number of halogens is 1. The molecule has 0 aliphatic carbocycles. The third-order valence-electron chi connectivity index (χ3n) is 5.14. The molecule has 0 fully saturated rings. The Morgan fingerprint density at radius 1 is 1.28 bits per heavy atom. The summed E-state index contributed by atoms with van der Waals surface area (Å²) in [6.07, 6.45) is 4.22. The molecule has 2 heterocycles. The number of rotatable bonds is 8. The first-order valence-electron chi connectivity index (χ1n) is 10.5. The zero-order valence-corrected chi connectivity index (χ0v) is 19.3. The molecule has 3 rings (SSSR count). The van der Waals surface area contributed by atoms with Gasteiger partial charge >= 0.3 is 5.69 Å². The Kier molecular flexibility index (Phi) is 6.68. The third-order valence-corrected chi connectivity index (χ3v) is 5.14. The van der Waals surface area contributed by atoms with E-state index in [1.165, 1.54) is 10.8 Å². The van der Waals surface area contributed by atoms with Crippen LogP contribution in [-0.2, 0) is 16.0 Å². The first-order chi connectivity index (χ1) is 15.0. The molecule has 0 unspecified atom stereocenters. The van der Waals surface area contributed by atoms with Crippen LogP contribution in [0.3, 0.4) is 0 Å². The molecule has 0 spiro atoms. The van der Waals surface area contributed by atoms with Gasteiger partial charge in [0.1, 0.15) is 11.6 Å². The van der Waals surface area contributed by atoms with Crippen LogP contribution in [0.4, 0.5) is 4.39 Å². The van der Waals surface area contributed by atoms with Gasteiger partial charge in [0, 0.05) is 24.4 Å². The van der Waals surface area contributed by atoms with Gasteiger partial charge in [-0.2, -0.15) is 5.10 Å². The van der Waals surface area contributed by atoms with E-state index in [-0.39, 0.29) is 17.1 Å². The van der Waals surface area contributed by atoms with E-state index >= 15 is 0 Å². The maximum atomic E-state index is 14.3. The third kappa shape index (κ3) is 4.83. The first kappa shape index (κ1) is 23.5. The number of imidazole rings is 1. The molecule has 8 nitrogen and oxygen atoms in total. The van der Waals surface area contributed by atoms with Crippen molar-refractivity contribution in [2.45, 2.75) is 59.6 Å². The lowest BCUT2D eigenvalue weighted by Gasteiger charge is -2.19. The van der Waals surface area contributed by atoms with Gasteiger partial charge in [0.25, 0.3) is 0 Å². The normalized spacial score (nSPS) is 12.7. The maximum absolute atomic E-state index is 14.3. The molecule has 0 radical (unpaired) electrons. The predicted octanol–water partition coefficient (Wildman–Crippen LogP) is 3.27. The predicted molar refractivity (Wildman–Crippen MR) is 120 cm³/mol. The highest BCUT2D eigenvalue weighted by Gasteiger charge is 2.26. The molecule has 3 aromatic rings. The van der Waals surface area contributed by atoms with E-state index in [0.29, 0.717) is 53.3 Å². The second kappa shape index (κ2) is 9.12. The number of amides is 1. The summed E-state index contributed by atoms with van der Waals surface area (Å²) in [5, 5.41) is 7.56. The lowest BCUT2D eigenvalue weighted by Crippen LogP contribution is -2.24. The van der Waals surface area contributed by atoms with Crippen molar-refractivity contribution in [1.82, 2.24) is 24.6 Å². The van der Waals surface area contributed by atoms with Crippen LogP contribution in [0.15, 0.2) is 29.3 Å². The number of hydrogen-bond acceptors (Lipinski definition) is 4. The molecule has 2 aromatic heterocycles. The number of aryl methyl sites for hydroxylation is 2. The molecule has 1 aromatic carbocycles. The van der Waals surface area contributed by atoms with Gasteiger partial charge in [-0.05, 0) is 64.8 Å². The number of H-pyrrole nitrogens is 1. The van der Waals surface area contributed by atoms with Crippen molar-refractivity contribution >= 4 is 6.41 Å². The SMILES string of the molecule is Cc1cc(-n2nc(CCOC(C)(C)C)c([C@H](C)NC=O)c2-n2cc[nH]c2=O)cc(C)c1F. The summed E-state index contributed by atoms with van der Waals surface area (Å²) in [4.78, 5) is 26.4. The van der Waals surface area contributed by atoms with Gasteiger partial charge in [0.2, 0.25) is 6.41 Å². The van der Waals surface area contributed by atoms with Crippen molar-refractivity contribution in [3.05, 3.63) is 63.2 Å². The average Bonchev–Trinajstić information content (AvgIpc) is 3.28. The van der Waals surface area contributed by atoms with E-state index < -0.39 is 6.04 Å². The number of nitrogens with one attached hydrogen (secondary N) is 2. The van der Waals surface area contributed by atoms with E-state index in [1.54, 1.807) is 36.9 Å². The summed E-state index contributed by atoms with van der Waals surface area (Å²) in [5.41, 5.74) is 2.27. The van der Waals surface area contributed by atoms with Crippen LogP contribution in [0.2, 0.25) is 0 Å². The molecular formula is C23H30FN5O3. The molecular weight excluding hydrogens is 413 g/mol. The van der Waals surface area contributed by atoms with Crippen LogP contribution in [0.1, 0.15) is 56.1 Å². The number of aromatic amines is 1. The van der Waals surface area contributed by atoms with E-state index in [0.717, 1.165) is 0 Å². The van der Waals surface area contributed by atoms with E-state index in [9.17, 15) is 14.0 Å². The lowest BCUT2D eigenvalue weighted by molar-refractivity contribution is -0.110. The molecule has 0 bridgehead atoms. The largest absolute Gasteiger partial charge is 0.375 e. The number of carbonyl (C=O) groups is 1. The fourth-order valence-corrected chi connectivity index (χ4v) is 3.68. The summed E-state index contributed by atoms with van der Waals surface area (Å²) in [6.45, 7) is 11.5. The summed E-state index contributed by atoms with van der Waals surface area (Å²) in [5.74, 6) is 0.200. The van der Waals surface area contributed by atoms with E-state index in [2.05, 4.69) is 10.3 Å². The van der Waals surface area contributed by atoms with Gasteiger partial charge in [-0.15, -0.1) is 0 Å². The number of benzene rings is 1. The number of hydrogen-bond donors (Lipinski definition) is 2. The van der Waals surface area contributed by atoms with Crippen molar-refractivity contribution in [2.75, 3.05) is 6.61 Å². The van der Waals surface area contributed by atoms with Crippen molar-refractivity contribution in [3.63, 3.8) is 0 Å². The number of ether oxygens (including phenoxy) is 1. The Morgan fingerprint density at radius 3 is 2.47 bits per heavy atom. The second-order valence-electron chi connectivity index (χ2n) is 8.84. The van der Waals surface area contributed by atoms with E-state index in [4.69, 9.17) is 9.84 Å². The Bertz CT molecular complexity index is 1150. The van der Waals surface area contributed by atoms with E-state index in [1.807, 2.05) is 27.7 Å². The molecule has 32 heavy (non-hydrogen) atoms. The van der Waals surface area contributed by atoms with Crippen molar-refractivity contribution in [1.29, 1.82) is 0 Å². The summed E-state index contributed by atoms with van der Waals surface area (Å²) < 4.78 is 23.3. The van der Waals surface area contributed by atoms with Gasteiger partial charge in [0.15, 0.2) is 0 Å². The summed E-state index contributed by atoms with van der Waals surface area (Å²) in [7, 11) is 0. The molecule has 2 N–H and O–H groups in total. The Balaban J connectivity index is 2.25. The minimum atomic E-state index is -0.426. The fourth-order valence-electron chi connectivity index (χ4n) is 3.68.